The van der Waals surface area contributed by atoms with E-state index in [2.05, 4.69) is 0 Å². The summed E-state index contributed by atoms with van der Waals surface area (Å²) in [6.07, 6.45) is 1.66. The Morgan fingerprint density at radius 3 is 2.39 bits per heavy atom. The summed E-state index contributed by atoms with van der Waals surface area (Å²) in [6, 6.07) is 13.2. The highest BCUT2D eigenvalue weighted by atomic mass is 35.5. The van der Waals surface area contributed by atoms with Crippen molar-refractivity contribution in [2.75, 3.05) is 0 Å². The summed E-state index contributed by atoms with van der Waals surface area (Å²) < 4.78 is 1.96. The molecule has 0 aliphatic carbocycles. The third-order valence-electron chi connectivity index (χ3n) is 5.25. The molecule has 0 saturated carbocycles. The molecule has 0 atom stereocenters. The zero-order valence-corrected chi connectivity index (χ0v) is 19.9. The fourth-order valence-corrected chi connectivity index (χ4v) is 5.11. The van der Waals surface area contributed by atoms with Crippen molar-refractivity contribution in [3.8, 4) is 5.69 Å². The number of nitrogens with zero attached hydrogens (tertiary/aromatic N) is 3. The van der Waals surface area contributed by atoms with Crippen LogP contribution in [-0.4, -0.2) is 25.5 Å². The second-order valence-electron chi connectivity index (χ2n) is 7.44. The van der Waals surface area contributed by atoms with Crippen molar-refractivity contribution in [3.63, 3.8) is 0 Å². The van der Waals surface area contributed by atoms with Crippen LogP contribution >= 0.6 is 35.0 Å². The number of rotatable bonds is 5. The zero-order valence-electron chi connectivity index (χ0n) is 17.5. The van der Waals surface area contributed by atoms with Gasteiger partial charge in [0.15, 0.2) is 0 Å². The molecular formula is C23H17Cl2N3O4S. The molecule has 0 bridgehead atoms. The number of nitro groups is 1. The van der Waals surface area contributed by atoms with Crippen molar-refractivity contribution < 1.29 is 14.5 Å². The van der Waals surface area contributed by atoms with Gasteiger partial charge in [-0.2, -0.15) is 0 Å². The predicted octanol–water partition coefficient (Wildman–Crippen LogP) is 6.55. The van der Waals surface area contributed by atoms with Crippen molar-refractivity contribution in [2.24, 2.45) is 0 Å². The summed E-state index contributed by atoms with van der Waals surface area (Å²) in [7, 11) is 0. The molecule has 1 aliphatic heterocycles. The number of nitro benzene ring substituents is 1. The van der Waals surface area contributed by atoms with Crippen LogP contribution in [0.1, 0.15) is 22.5 Å². The van der Waals surface area contributed by atoms with E-state index >= 15 is 0 Å². The number of carbonyl (C=O) groups is 2. The van der Waals surface area contributed by atoms with Crippen LogP contribution in [0.15, 0.2) is 53.4 Å². The Kier molecular flexibility index (Phi) is 6.34. The zero-order chi connectivity index (χ0) is 23.9. The minimum atomic E-state index is -0.527. The smallest absolute Gasteiger partial charge is 0.293 e. The SMILES string of the molecule is Cc1cc(/C=C2\SC(=O)N(Cc3ccccc3[N+](=O)[O-])C2=O)c(C)n1-c1cc(Cl)cc(Cl)c1. The maximum Gasteiger partial charge on any atom is 0.293 e. The highest BCUT2D eigenvalue weighted by molar-refractivity contribution is 8.18. The van der Waals surface area contributed by atoms with Gasteiger partial charge in [-0.25, -0.2) is 0 Å². The summed E-state index contributed by atoms with van der Waals surface area (Å²) >= 11 is 13.1. The van der Waals surface area contributed by atoms with E-state index in [-0.39, 0.29) is 17.1 Å². The minimum absolute atomic E-state index is 0.135. The van der Waals surface area contributed by atoms with Crippen LogP contribution < -0.4 is 0 Å². The largest absolute Gasteiger partial charge is 0.318 e. The lowest BCUT2D eigenvalue weighted by Gasteiger charge is -2.12. The van der Waals surface area contributed by atoms with E-state index < -0.39 is 16.1 Å². The highest BCUT2D eigenvalue weighted by Crippen LogP contribution is 2.36. The number of aromatic nitrogens is 1. The first-order valence-corrected chi connectivity index (χ1v) is 11.4. The quantitative estimate of drug-likeness (QED) is 0.225. The Morgan fingerprint density at radius 1 is 1.06 bits per heavy atom. The van der Waals surface area contributed by atoms with E-state index in [0.29, 0.717) is 15.6 Å². The van der Waals surface area contributed by atoms with Crippen LogP contribution in [0.4, 0.5) is 10.5 Å². The summed E-state index contributed by atoms with van der Waals surface area (Å²) in [4.78, 5) is 37.5. The normalized spacial score (nSPS) is 15.0. The first kappa shape index (κ1) is 23.1. The number of carbonyl (C=O) groups excluding carboxylic acids is 2. The van der Waals surface area contributed by atoms with Crippen LogP contribution in [0, 0.1) is 24.0 Å². The topological polar surface area (TPSA) is 85.5 Å². The molecule has 1 aliphatic rings. The molecule has 0 radical (unpaired) electrons. The van der Waals surface area contributed by atoms with Crippen LogP contribution in [0.5, 0.6) is 0 Å². The molecule has 10 heteroatoms. The van der Waals surface area contributed by atoms with Gasteiger partial charge in [0.05, 0.1) is 16.4 Å². The second kappa shape index (κ2) is 9.05. The van der Waals surface area contributed by atoms with Gasteiger partial charge in [0.1, 0.15) is 0 Å². The second-order valence-corrected chi connectivity index (χ2v) is 9.31. The molecule has 1 saturated heterocycles. The summed E-state index contributed by atoms with van der Waals surface area (Å²) in [5, 5.41) is 11.8. The summed E-state index contributed by atoms with van der Waals surface area (Å²) in [5.74, 6) is -0.487. The Labute approximate surface area is 203 Å². The number of thioether (sulfide) groups is 1. The summed E-state index contributed by atoms with van der Waals surface area (Å²) in [5.41, 5.74) is 3.45. The molecule has 0 unspecified atom stereocenters. The summed E-state index contributed by atoms with van der Waals surface area (Å²) in [6.45, 7) is 3.64. The van der Waals surface area contributed by atoms with Crippen LogP contribution in [0.3, 0.4) is 0 Å². The van der Waals surface area contributed by atoms with Gasteiger partial charge in [-0.15, -0.1) is 0 Å². The molecule has 0 spiro atoms. The highest BCUT2D eigenvalue weighted by Gasteiger charge is 2.36. The Morgan fingerprint density at radius 2 is 1.73 bits per heavy atom. The van der Waals surface area contributed by atoms with Crippen molar-refractivity contribution in [1.29, 1.82) is 0 Å². The molecule has 1 fully saturated rings. The van der Waals surface area contributed by atoms with E-state index in [9.17, 15) is 19.7 Å². The van der Waals surface area contributed by atoms with Crippen molar-refractivity contribution in [1.82, 2.24) is 9.47 Å². The average Bonchev–Trinajstić information content (AvgIpc) is 3.17. The number of aryl methyl sites for hydroxylation is 1. The number of hydrogen-bond acceptors (Lipinski definition) is 5. The average molecular weight is 502 g/mol. The van der Waals surface area contributed by atoms with Gasteiger partial charge >= 0.3 is 0 Å². The third-order valence-corrected chi connectivity index (χ3v) is 6.60. The molecule has 0 N–H and O–H groups in total. The maximum atomic E-state index is 13.0. The van der Waals surface area contributed by atoms with Crippen LogP contribution in [0.2, 0.25) is 10.0 Å². The number of amides is 2. The number of hydrogen-bond donors (Lipinski definition) is 0. The number of para-hydroxylation sites is 1. The van der Waals surface area contributed by atoms with E-state index in [4.69, 9.17) is 23.2 Å². The molecule has 168 valence electrons. The Bertz CT molecular complexity index is 1330. The first-order valence-electron chi connectivity index (χ1n) is 9.79. The Hall–Kier alpha value is -3.07. The standard InChI is InChI=1S/C23H17Cl2N3O4S/c1-13-7-16(14(2)27(13)19-10-17(24)9-18(25)11-19)8-21-22(29)26(23(30)33-21)12-15-5-3-4-6-20(15)28(31)32/h3-11H,12H2,1-2H3/b21-8-. The number of benzene rings is 2. The number of imide groups is 1. The predicted molar refractivity (Wildman–Crippen MR) is 130 cm³/mol. The lowest BCUT2D eigenvalue weighted by Crippen LogP contribution is -2.27. The lowest BCUT2D eigenvalue weighted by molar-refractivity contribution is -0.385. The van der Waals surface area contributed by atoms with E-state index in [1.807, 2.05) is 24.5 Å². The fraction of sp³-hybridized carbons (Fsp3) is 0.130. The van der Waals surface area contributed by atoms with Crippen molar-refractivity contribution in [2.45, 2.75) is 20.4 Å². The maximum absolute atomic E-state index is 13.0. The molecule has 4 rings (SSSR count). The van der Waals surface area contributed by atoms with Gasteiger partial charge in [-0.1, -0.05) is 41.4 Å². The number of halogens is 2. The molecule has 33 heavy (non-hydrogen) atoms. The Balaban J connectivity index is 1.65. The van der Waals surface area contributed by atoms with Gasteiger partial charge in [0, 0.05) is 38.8 Å². The van der Waals surface area contributed by atoms with Gasteiger partial charge in [-0.3, -0.25) is 24.6 Å². The lowest BCUT2D eigenvalue weighted by atomic mass is 10.1. The van der Waals surface area contributed by atoms with Gasteiger partial charge in [-0.05, 0) is 61.5 Å². The van der Waals surface area contributed by atoms with E-state index in [1.165, 1.54) is 18.2 Å². The van der Waals surface area contributed by atoms with Crippen LogP contribution in [-0.2, 0) is 11.3 Å². The van der Waals surface area contributed by atoms with Crippen molar-refractivity contribution in [3.05, 3.63) is 96.1 Å². The molecule has 2 aromatic carbocycles. The molecule has 2 heterocycles. The molecular weight excluding hydrogens is 485 g/mol. The molecule has 2 amide bonds. The van der Waals surface area contributed by atoms with E-state index in [0.717, 1.165) is 39.3 Å². The molecule has 1 aromatic heterocycles. The van der Waals surface area contributed by atoms with Gasteiger partial charge in [0.25, 0.3) is 16.8 Å². The minimum Gasteiger partial charge on any atom is -0.318 e. The van der Waals surface area contributed by atoms with E-state index in [1.54, 1.807) is 30.3 Å². The van der Waals surface area contributed by atoms with Gasteiger partial charge < -0.3 is 4.57 Å². The van der Waals surface area contributed by atoms with Crippen molar-refractivity contribution >= 4 is 57.9 Å². The first-order chi connectivity index (χ1) is 15.7. The molecule has 7 nitrogen and oxygen atoms in total. The monoisotopic (exact) mass is 501 g/mol. The fourth-order valence-electron chi connectivity index (χ4n) is 3.77. The third kappa shape index (κ3) is 4.55. The molecule has 3 aromatic rings. The van der Waals surface area contributed by atoms with Crippen LogP contribution in [0.25, 0.3) is 11.8 Å². The van der Waals surface area contributed by atoms with Gasteiger partial charge in [0.2, 0.25) is 0 Å².